The lowest BCUT2D eigenvalue weighted by Crippen LogP contribution is -2.28. The van der Waals surface area contributed by atoms with Gasteiger partial charge in [-0.3, -0.25) is 4.79 Å². The van der Waals surface area contributed by atoms with Crippen LogP contribution in [0, 0.1) is 12.3 Å². The molecule has 15 heavy (non-hydrogen) atoms. The van der Waals surface area contributed by atoms with Crippen LogP contribution in [0.2, 0.25) is 0 Å². The quantitative estimate of drug-likeness (QED) is 0.604. The van der Waals surface area contributed by atoms with E-state index in [9.17, 15) is 4.79 Å². The summed E-state index contributed by atoms with van der Waals surface area (Å²) < 4.78 is 5.74. The lowest BCUT2D eigenvalue weighted by atomic mass is 9.97. The Kier molecular flexibility index (Phi) is 4.16. The number of rotatable bonds is 4. The first kappa shape index (κ1) is 12.5. The smallest absolute Gasteiger partial charge is 0.312 e. The molecule has 1 rings (SSSR count). The van der Waals surface area contributed by atoms with Crippen molar-refractivity contribution in [1.82, 2.24) is 4.98 Å². The highest BCUT2D eigenvalue weighted by Gasteiger charge is 2.29. The Morgan fingerprint density at radius 1 is 1.67 bits per heavy atom. The maximum atomic E-state index is 11.4. The fourth-order valence-electron chi connectivity index (χ4n) is 0.976. The maximum Gasteiger partial charge on any atom is 0.312 e. The lowest BCUT2D eigenvalue weighted by Gasteiger charge is -2.19. The van der Waals surface area contributed by atoms with Gasteiger partial charge in [0, 0.05) is 16.8 Å². The van der Waals surface area contributed by atoms with Gasteiger partial charge in [0.1, 0.15) is 4.34 Å². The van der Waals surface area contributed by atoms with Crippen LogP contribution in [0.25, 0.3) is 0 Å². The van der Waals surface area contributed by atoms with Gasteiger partial charge in [0.25, 0.3) is 0 Å². The average Bonchev–Trinajstić information content (AvgIpc) is 2.60. The standard InChI is InChI=1S/C10H15NO2S2/c1-7-5-14-9(11-7)15-6-10(2,3)8(12)13-4/h5H,6H2,1-4H3. The van der Waals surface area contributed by atoms with Gasteiger partial charge in [0.15, 0.2) is 0 Å². The predicted molar refractivity (Wildman–Crippen MR) is 63.4 cm³/mol. The highest BCUT2D eigenvalue weighted by atomic mass is 32.2. The Morgan fingerprint density at radius 2 is 2.33 bits per heavy atom. The molecule has 0 saturated heterocycles. The van der Waals surface area contributed by atoms with Gasteiger partial charge in [-0.1, -0.05) is 11.8 Å². The zero-order valence-electron chi connectivity index (χ0n) is 9.36. The molecule has 0 spiro atoms. The van der Waals surface area contributed by atoms with E-state index in [4.69, 9.17) is 4.74 Å². The molecule has 0 aliphatic rings. The van der Waals surface area contributed by atoms with Gasteiger partial charge in [-0.25, -0.2) is 4.98 Å². The van der Waals surface area contributed by atoms with Gasteiger partial charge in [-0.2, -0.15) is 0 Å². The van der Waals surface area contributed by atoms with Crippen molar-refractivity contribution in [3.8, 4) is 0 Å². The minimum absolute atomic E-state index is 0.178. The molecule has 0 unspecified atom stereocenters. The Balaban J connectivity index is 2.53. The number of ether oxygens (including phenoxy) is 1. The molecule has 0 aromatic carbocycles. The maximum absolute atomic E-state index is 11.4. The van der Waals surface area contributed by atoms with Gasteiger partial charge in [0.2, 0.25) is 0 Å². The van der Waals surface area contributed by atoms with Crippen molar-refractivity contribution in [2.75, 3.05) is 12.9 Å². The second-order valence-electron chi connectivity index (χ2n) is 3.92. The Bertz CT molecular complexity index is 347. The number of carbonyl (C=O) groups is 1. The molecule has 0 aliphatic carbocycles. The molecule has 84 valence electrons. The van der Waals surface area contributed by atoms with Crippen LogP contribution in [-0.4, -0.2) is 23.8 Å². The molecule has 0 radical (unpaired) electrons. The number of methoxy groups -OCH3 is 1. The Morgan fingerprint density at radius 3 is 2.80 bits per heavy atom. The minimum Gasteiger partial charge on any atom is -0.469 e. The van der Waals surface area contributed by atoms with Crippen LogP contribution in [0.4, 0.5) is 0 Å². The van der Waals surface area contributed by atoms with E-state index in [1.54, 1.807) is 23.1 Å². The first-order valence-corrected chi connectivity index (χ1v) is 6.45. The van der Waals surface area contributed by atoms with E-state index in [0.29, 0.717) is 5.75 Å². The first-order chi connectivity index (χ1) is 6.95. The van der Waals surface area contributed by atoms with E-state index in [1.807, 2.05) is 26.2 Å². The molecule has 5 heteroatoms. The van der Waals surface area contributed by atoms with Crippen LogP contribution in [0.5, 0.6) is 0 Å². The van der Waals surface area contributed by atoms with E-state index in [-0.39, 0.29) is 5.97 Å². The van der Waals surface area contributed by atoms with Gasteiger partial charge in [-0.15, -0.1) is 11.3 Å². The number of thioether (sulfide) groups is 1. The number of nitrogens with zero attached hydrogens (tertiary/aromatic N) is 1. The van der Waals surface area contributed by atoms with E-state index < -0.39 is 5.41 Å². The van der Waals surface area contributed by atoms with Gasteiger partial charge >= 0.3 is 5.97 Å². The van der Waals surface area contributed by atoms with Crippen LogP contribution >= 0.6 is 23.1 Å². The number of thiazole rings is 1. The summed E-state index contributed by atoms with van der Waals surface area (Å²) in [5.74, 6) is 0.510. The second-order valence-corrected chi connectivity index (χ2v) is 6.00. The van der Waals surface area contributed by atoms with Crippen LogP contribution < -0.4 is 0 Å². The zero-order valence-corrected chi connectivity index (χ0v) is 11.0. The van der Waals surface area contributed by atoms with Crippen molar-refractivity contribution < 1.29 is 9.53 Å². The third-order valence-corrected chi connectivity index (χ3v) is 4.49. The molecule has 0 aliphatic heterocycles. The number of carbonyl (C=O) groups excluding carboxylic acids is 1. The van der Waals surface area contributed by atoms with Crippen LogP contribution in [-0.2, 0) is 9.53 Å². The summed E-state index contributed by atoms with van der Waals surface area (Å²) in [6.45, 7) is 5.73. The molecule has 1 aromatic heterocycles. The fraction of sp³-hybridized carbons (Fsp3) is 0.600. The predicted octanol–water partition coefficient (Wildman–Crippen LogP) is 2.74. The van der Waals surface area contributed by atoms with Crippen molar-refractivity contribution in [3.05, 3.63) is 11.1 Å². The molecule has 0 saturated carbocycles. The highest BCUT2D eigenvalue weighted by molar-refractivity contribution is 8.01. The van der Waals surface area contributed by atoms with E-state index in [0.717, 1.165) is 10.0 Å². The first-order valence-electron chi connectivity index (χ1n) is 4.59. The van der Waals surface area contributed by atoms with E-state index >= 15 is 0 Å². The number of aryl methyl sites for hydroxylation is 1. The normalized spacial score (nSPS) is 11.5. The number of hydrogen-bond acceptors (Lipinski definition) is 5. The van der Waals surface area contributed by atoms with Crippen LogP contribution in [0.1, 0.15) is 19.5 Å². The Labute approximate surface area is 98.2 Å². The summed E-state index contributed by atoms with van der Waals surface area (Å²) in [4.78, 5) is 15.7. The molecule has 3 nitrogen and oxygen atoms in total. The SMILES string of the molecule is COC(=O)C(C)(C)CSc1nc(C)cs1. The third kappa shape index (κ3) is 3.50. The summed E-state index contributed by atoms with van der Waals surface area (Å²) in [5.41, 5.74) is 0.567. The number of aromatic nitrogens is 1. The molecule has 0 bridgehead atoms. The average molecular weight is 245 g/mol. The molecule has 0 amide bonds. The number of hydrogen-bond donors (Lipinski definition) is 0. The molecular formula is C10H15NO2S2. The number of esters is 1. The Hall–Kier alpha value is -0.550. The monoisotopic (exact) mass is 245 g/mol. The summed E-state index contributed by atoms with van der Waals surface area (Å²) in [7, 11) is 1.42. The highest BCUT2D eigenvalue weighted by Crippen LogP contribution is 2.30. The van der Waals surface area contributed by atoms with Crippen molar-refractivity contribution in [2.24, 2.45) is 5.41 Å². The van der Waals surface area contributed by atoms with Crippen molar-refractivity contribution in [1.29, 1.82) is 0 Å². The van der Waals surface area contributed by atoms with Crippen LogP contribution in [0.3, 0.4) is 0 Å². The fourth-order valence-corrected chi connectivity index (χ4v) is 2.90. The largest absolute Gasteiger partial charge is 0.469 e. The topological polar surface area (TPSA) is 39.2 Å². The molecule has 0 N–H and O–H groups in total. The van der Waals surface area contributed by atoms with Crippen molar-refractivity contribution >= 4 is 29.1 Å². The van der Waals surface area contributed by atoms with Crippen molar-refractivity contribution in [3.63, 3.8) is 0 Å². The van der Waals surface area contributed by atoms with Crippen LogP contribution in [0.15, 0.2) is 9.72 Å². The van der Waals surface area contributed by atoms with E-state index in [1.165, 1.54) is 7.11 Å². The molecule has 0 fully saturated rings. The lowest BCUT2D eigenvalue weighted by molar-refractivity contribution is -0.149. The minimum atomic E-state index is -0.459. The van der Waals surface area contributed by atoms with Crippen molar-refractivity contribution in [2.45, 2.75) is 25.1 Å². The zero-order chi connectivity index (χ0) is 11.5. The summed E-state index contributed by atoms with van der Waals surface area (Å²) in [6, 6.07) is 0. The summed E-state index contributed by atoms with van der Waals surface area (Å²) in [5, 5.41) is 2.01. The second kappa shape index (κ2) is 4.99. The molecule has 1 heterocycles. The summed E-state index contributed by atoms with van der Waals surface area (Å²) in [6.07, 6.45) is 0. The molecule has 0 atom stereocenters. The molecule has 1 aromatic rings. The van der Waals surface area contributed by atoms with E-state index in [2.05, 4.69) is 4.98 Å². The summed E-state index contributed by atoms with van der Waals surface area (Å²) >= 11 is 3.21. The molecular weight excluding hydrogens is 230 g/mol. The van der Waals surface area contributed by atoms with Gasteiger partial charge in [0.05, 0.1) is 12.5 Å². The van der Waals surface area contributed by atoms with Gasteiger partial charge < -0.3 is 4.74 Å². The van der Waals surface area contributed by atoms with Gasteiger partial charge in [-0.05, 0) is 20.8 Å². The third-order valence-electron chi connectivity index (χ3n) is 1.89.